The highest BCUT2D eigenvalue weighted by molar-refractivity contribution is 6.05. The number of hydrogen-bond acceptors (Lipinski definition) is 3. The van der Waals surface area contributed by atoms with Crippen LogP contribution < -0.4 is 4.90 Å². The lowest BCUT2D eigenvalue weighted by atomic mass is 10.1. The number of amides is 1. The van der Waals surface area contributed by atoms with Crippen molar-refractivity contribution in [2.24, 2.45) is 0 Å². The third-order valence-electron chi connectivity index (χ3n) is 2.91. The molecule has 0 aliphatic rings. The van der Waals surface area contributed by atoms with Crippen molar-refractivity contribution in [3.05, 3.63) is 46.5 Å². The van der Waals surface area contributed by atoms with Crippen LogP contribution in [-0.4, -0.2) is 17.9 Å². The topological polar surface area (TPSA) is 63.5 Å². The molecule has 0 saturated heterocycles. The first-order valence-corrected chi connectivity index (χ1v) is 5.43. The van der Waals surface area contributed by atoms with Gasteiger partial charge in [0.25, 0.3) is 5.69 Å². The Labute approximate surface area is 104 Å². The molecule has 0 saturated carbocycles. The fraction of sp³-hybridized carbons (Fsp3) is 0.154. The maximum absolute atomic E-state index is 11.4. The molecular weight excluding hydrogens is 232 g/mol. The van der Waals surface area contributed by atoms with E-state index in [-0.39, 0.29) is 11.6 Å². The summed E-state index contributed by atoms with van der Waals surface area (Å²) < 4.78 is 0. The minimum absolute atomic E-state index is 0.0475. The molecule has 0 aromatic heterocycles. The van der Waals surface area contributed by atoms with Crippen LogP contribution in [-0.2, 0) is 4.79 Å². The van der Waals surface area contributed by atoms with Crippen LogP contribution in [0.4, 0.5) is 11.4 Å². The maximum Gasteiger partial charge on any atom is 0.277 e. The molecule has 5 heteroatoms. The summed E-state index contributed by atoms with van der Waals surface area (Å²) in [6, 6.07) is 10.0. The minimum atomic E-state index is -0.417. The van der Waals surface area contributed by atoms with E-state index in [2.05, 4.69) is 0 Å². The second-order valence-electron chi connectivity index (χ2n) is 3.98. The predicted molar refractivity (Wildman–Crippen MR) is 69.7 cm³/mol. The van der Waals surface area contributed by atoms with E-state index < -0.39 is 4.92 Å². The van der Waals surface area contributed by atoms with Gasteiger partial charge in [-0.05, 0) is 12.1 Å². The molecule has 5 nitrogen and oxygen atoms in total. The van der Waals surface area contributed by atoms with Gasteiger partial charge >= 0.3 is 0 Å². The van der Waals surface area contributed by atoms with Crippen molar-refractivity contribution >= 4 is 28.1 Å². The van der Waals surface area contributed by atoms with Gasteiger partial charge in [-0.3, -0.25) is 14.9 Å². The number of fused-ring (bicyclic) bond motifs is 1. The Morgan fingerprint density at radius 1 is 1.17 bits per heavy atom. The van der Waals surface area contributed by atoms with Crippen molar-refractivity contribution < 1.29 is 9.72 Å². The molecule has 0 aliphatic heterocycles. The SMILES string of the molecule is CC(=O)N(C)c1ccc([N+](=O)[O-])c2ccccc12. The van der Waals surface area contributed by atoms with E-state index in [0.29, 0.717) is 16.5 Å². The number of carbonyl (C=O) groups excluding carboxylic acids is 1. The highest BCUT2D eigenvalue weighted by Gasteiger charge is 2.16. The summed E-state index contributed by atoms with van der Waals surface area (Å²) in [7, 11) is 1.65. The summed E-state index contributed by atoms with van der Waals surface area (Å²) >= 11 is 0. The smallest absolute Gasteiger partial charge is 0.277 e. The van der Waals surface area contributed by atoms with Gasteiger partial charge in [0.15, 0.2) is 0 Å². The number of nitro benzene ring substituents is 1. The molecule has 0 fully saturated rings. The fourth-order valence-electron chi connectivity index (χ4n) is 1.89. The number of anilines is 1. The van der Waals surface area contributed by atoms with Crippen molar-refractivity contribution in [1.82, 2.24) is 0 Å². The molecule has 1 amide bonds. The van der Waals surface area contributed by atoms with Crippen LogP contribution >= 0.6 is 0 Å². The Morgan fingerprint density at radius 3 is 2.33 bits per heavy atom. The van der Waals surface area contributed by atoms with E-state index in [1.165, 1.54) is 17.9 Å². The fourth-order valence-corrected chi connectivity index (χ4v) is 1.89. The van der Waals surface area contributed by atoms with Gasteiger partial charge in [0.05, 0.1) is 16.0 Å². The molecule has 0 spiro atoms. The van der Waals surface area contributed by atoms with Crippen LogP contribution in [0.3, 0.4) is 0 Å². The largest absolute Gasteiger partial charge is 0.315 e. The molecule has 92 valence electrons. The van der Waals surface area contributed by atoms with E-state index in [4.69, 9.17) is 0 Å². The molecule has 0 atom stereocenters. The summed E-state index contributed by atoms with van der Waals surface area (Å²) in [5.74, 6) is -0.117. The monoisotopic (exact) mass is 244 g/mol. The summed E-state index contributed by atoms with van der Waals surface area (Å²) in [6.45, 7) is 1.45. The summed E-state index contributed by atoms with van der Waals surface area (Å²) in [6.07, 6.45) is 0. The second kappa shape index (κ2) is 4.44. The van der Waals surface area contributed by atoms with Crippen LogP contribution in [0.2, 0.25) is 0 Å². The Morgan fingerprint density at radius 2 is 1.78 bits per heavy atom. The maximum atomic E-state index is 11.4. The predicted octanol–water partition coefficient (Wildman–Crippen LogP) is 2.73. The standard InChI is InChI=1S/C13H12N2O3/c1-9(16)14(2)12-7-8-13(15(17)18)11-6-4-3-5-10(11)12/h3-8H,1-2H3. The third kappa shape index (κ3) is 1.90. The van der Waals surface area contributed by atoms with Gasteiger partial charge in [-0.1, -0.05) is 18.2 Å². The number of nitro groups is 1. The van der Waals surface area contributed by atoms with Crippen LogP contribution in [0.15, 0.2) is 36.4 Å². The third-order valence-corrected chi connectivity index (χ3v) is 2.91. The lowest BCUT2D eigenvalue weighted by molar-refractivity contribution is -0.383. The Balaban J connectivity index is 2.76. The Hall–Kier alpha value is -2.43. The average molecular weight is 244 g/mol. The first-order chi connectivity index (χ1) is 8.52. The molecule has 2 aromatic rings. The van der Waals surface area contributed by atoms with Gasteiger partial charge < -0.3 is 4.90 Å². The molecule has 0 bridgehead atoms. The van der Waals surface area contributed by atoms with Gasteiger partial charge in [0.2, 0.25) is 5.91 Å². The Bertz CT molecular complexity index is 637. The molecule has 0 radical (unpaired) electrons. The summed E-state index contributed by atoms with van der Waals surface area (Å²) in [5, 5.41) is 12.2. The number of rotatable bonds is 2. The Kier molecular flexibility index (Phi) is 2.97. The molecule has 18 heavy (non-hydrogen) atoms. The highest BCUT2D eigenvalue weighted by Crippen LogP contribution is 2.32. The lowest BCUT2D eigenvalue weighted by Crippen LogP contribution is -2.23. The highest BCUT2D eigenvalue weighted by atomic mass is 16.6. The quantitative estimate of drug-likeness (QED) is 0.602. The number of non-ortho nitro benzene ring substituents is 1. The van der Waals surface area contributed by atoms with Crippen molar-refractivity contribution in [3.8, 4) is 0 Å². The second-order valence-corrected chi connectivity index (χ2v) is 3.98. The molecular formula is C13H12N2O3. The van der Waals surface area contributed by atoms with Crippen molar-refractivity contribution in [2.75, 3.05) is 11.9 Å². The van der Waals surface area contributed by atoms with Gasteiger partial charge in [0, 0.05) is 25.4 Å². The van der Waals surface area contributed by atoms with Crippen LogP contribution in [0.5, 0.6) is 0 Å². The zero-order chi connectivity index (χ0) is 13.3. The van der Waals surface area contributed by atoms with Gasteiger partial charge in [-0.15, -0.1) is 0 Å². The molecule has 0 heterocycles. The molecule has 2 rings (SSSR count). The summed E-state index contributed by atoms with van der Waals surface area (Å²) in [4.78, 5) is 23.4. The van der Waals surface area contributed by atoms with Gasteiger partial charge in [-0.25, -0.2) is 0 Å². The van der Waals surface area contributed by atoms with E-state index in [1.54, 1.807) is 37.4 Å². The summed E-state index contributed by atoms with van der Waals surface area (Å²) in [5.41, 5.74) is 0.718. The van der Waals surface area contributed by atoms with Crippen molar-refractivity contribution in [1.29, 1.82) is 0 Å². The van der Waals surface area contributed by atoms with E-state index in [0.717, 1.165) is 0 Å². The van der Waals surface area contributed by atoms with E-state index >= 15 is 0 Å². The number of nitrogens with zero attached hydrogens (tertiary/aromatic N) is 2. The normalized spacial score (nSPS) is 10.3. The van der Waals surface area contributed by atoms with Crippen LogP contribution in [0, 0.1) is 10.1 Å². The first-order valence-electron chi connectivity index (χ1n) is 5.43. The lowest BCUT2D eigenvalue weighted by Gasteiger charge is -2.17. The zero-order valence-electron chi connectivity index (χ0n) is 10.1. The van der Waals surface area contributed by atoms with E-state index in [1.807, 2.05) is 0 Å². The van der Waals surface area contributed by atoms with Gasteiger partial charge in [-0.2, -0.15) is 0 Å². The molecule has 2 aromatic carbocycles. The van der Waals surface area contributed by atoms with Crippen molar-refractivity contribution in [2.45, 2.75) is 6.92 Å². The number of benzene rings is 2. The first kappa shape index (κ1) is 12.0. The van der Waals surface area contributed by atoms with Crippen LogP contribution in [0.1, 0.15) is 6.92 Å². The minimum Gasteiger partial charge on any atom is -0.315 e. The van der Waals surface area contributed by atoms with Gasteiger partial charge in [0.1, 0.15) is 0 Å². The average Bonchev–Trinajstić information content (AvgIpc) is 2.36. The van der Waals surface area contributed by atoms with Crippen LogP contribution in [0.25, 0.3) is 10.8 Å². The van der Waals surface area contributed by atoms with E-state index in [9.17, 15) is 14.9 Å². The number of carbonyl (C=O) groups is 1. The molecule has 0 aliphatic carbocycles. The molecule has 0 N–H and O–H groups in total. The molecule has 0 unspecified atom stereocenters. The number of hydrogen-bond donors (Lipinski definition) is 0. The zero-order valence-corrected chi connectivity index (χ0v) is 10.1. The van der Waals surface area contributed by atoms with Crippen molar-refractivity contribution in [3.63, 3.8) is 0 Å².